The Morgan fingerprint density at radius 3 is 1.62 bits per heavy atom. The number of fused-ring (bicyclic) bond motifs is 9. The van der Waals surface area contributed by atoms with Gasteiger partial charge in [-0.3, -0.25) is 0 Å². The summed E-state index contributed by atoms with van der Waals surface area (Å²) < 4.78 is 0. The molecular weight excluding hydrogens is 661 g/mol. The van der Waals surface area contributed by atoms with Gasteiger partial charge in [-0.2, -0.15) is 0 Å². The van der Waals surface area contributed by atoms with Gasteiger partial charge in [0, 0.05) is 5.41 Å². The van der Waals surface area contributed by atoms with E-state index in [0.29, 0.717) is 0 Å². The predicted octanol–water partition coefficient (Wildman–Crippen LogP) is 15.3. The smallest absolute Gasteiger partial charge is 0.0159 e. The molecule has 0 heterocycles. The van der Waals surface area contributed by atoms with Crippen LogP contribution < -0.4 is 0 Å². The second kappa shape index (κ2) is 12.1. The molecule has 0 amide bonds. The Balaban J connectivity index is 1.12. The maximum absolute atomic E-state index is 2.46. The van der Waals surface area contributed by atoms with Crippen molar-refractivity contribution in [2.75, 3.05) is 0 Å². The van der Waals surface area contributed by atoms with E-state index in [4.69, 9.17) is 0 Å². The third kappa shape index (κ3) is 4.78. The first kappa shape index (κ1) is 31.7. The Morgan fingerprint density at radius 2 is 0.855 bits per heavy atom. The molecule has 1 aliphatic carbocycles. The Morgan fingerprint density at radius 1 is 0.291 bits per heavy atom. The molecule has 0 aromatic heterocycles. The lowest BCUT2D eigenvalue weighted by Gasteiger charge is -2.22. The fraction of sp³-hybridized carbons (Fsp3) is 0.0545. The van der Waals surface area contributed by atoms with E-state index in [1.54, 1.807) is 0 Å². The second-order valence-electron chi connectivity index (χ2n) is 15.6. The number of hydrogen-bond acceptors (Lipinski definition) is 0. The van der Waals surface area contributed by atoms with Gasteiger partial charge in [-0.15, -0.1) is 0 Å². The third-order valence-corrected chi connectivity index (χ3v) is 12.2. The van der Waals surface area contributed by atoms with Crippen molar-refractivity contribution in [2.45, 2.75) is 19.3 Å². The van der Waals surface area contributed by atoms with E-state index >= 15 is 0 Å². The van der Waals surface area contributed by atoms with E-state index in [0.717, 1.165) is 0 Å². The molecule has 0 bridgehead atoms. The van der Waals surface area contributed by atoms with Crippen LogP contribution in [0.5, 0.6) is 0 Å². The van der Waals surface area contributed by atoms with Crippen LogP contribution in [0.15, 0.2) is 194 Å². The minimum absolute atomic E-state index is 0.101. The van der Waals surface area contributed by atoms with Crippen molar-refractivity contribution in [3.05, 3.63) is 205 Å². The molecule has 258 valence electrons. The summed E-state index contributed by atoms with van der Waals surface area (Å²) in [5, 5.41) is 10.3. The Labute approximate surface area is 322 Å². The van der Waals surface area contributed by atoms with Crippen molar-refractivity contribution in [2.24, 2.45) is 0 Å². The molecule has 1 aliphatic rings. The molecule has 0 radical (unpaired) electrons. The number of benzene rings is 10. The SMILES string of the molecule is CC1(C)c2cc(-c3ccccc3-c3cccc(-c4c5ccccc5c(-c5ccccc5)c5ccc6ccccc6c45)c3)ccc2-c2c1ccc1ccccc21. The Hall–Kier alpha value is -6.76. The molecule has 0 aliphatic heterocycles. The standard InChI is InChI=1S/C55H38/c1-55(2)49-32-29-36-16-6-8-23-43(36)53(49)47-30-28-39(34-50(47)55)42-22-11-10-21-41(42)38-19-14-20-40(33-38)52-46-26-13-12-25-45(46)51(37-17-4-3-5-18-37)48-31-27-35-15-7-9-24-44(35)54(48)52/h3-34H,1-2H3. The average Bonchev–Trinajstić information content (AvgIpc) is 3.48. The minimum atomic E-state index is -0.101. The van der Waals surface area contributed by atoms with Crippen molar-refractivity contribution < 1.29 is 0 Å². The van der Waals surface area contributed by atoms with Gasteiger partial charge in [0.1, 0.15) is 0 Å². The summed E-state index contributed by atoms with van der Waals surface area (Å²) in [6, 6.07) is 72.1. The summed E-state index contributed by atoms with van der Waals surface area (Å²) in [5.41, 5.74) is 15.4. The summed E-state index contributed by atoms with van der Waals surface area (Å²) in [7, 11) is 0. The Bertz CT molecular complexity index is 3160. The predicted molar refractivity (Wildman–Crippen MR) is 236 cm³/mol. The molecule has 55 heavy (non-hydrogen) atoms. The quantitative estimate of drug-likeness (QED) is 0.127. The monoisotopic (exact) mass is 698 g/mol. The topological polar surface area (TPSA) is 0 Å². The van der Waals surface area contributed by atoms with Gasteiger partial charge in [0.15, 0.2) is 0 Å². The molecule has 0 saturated heterocycles. The minimum Gasteiger partial charge on any atom is -0.0622 e. The third-order valence-electron chi connectivity index (χ3n) is 12.2. The van der Waals surface area contributed by atoms with Gasteiger partial charge in [0.05, 0.1) is 0 Å². The lowest BCUT2D eigenvalue weighted by Crippen LogP contribution is -2.15. The van der Waals surface area contributed by atoms with Crippen LogP contribution in [0.2, 0.25) is 0 Å². The van der Waals surface area contributed by atoms with Gasteiger partial charge < -0.3 is 0 Å². The highest BCUT2D eigenvalue weighted by molar-refractivity contribution is 6.28. The molecule has 0 fully saturated rings. The zero-order chi connectivity index (χ0) is 36.7. The maximum atomic E-state index is 2.46. The van der Waals surface area contributed by atoms with Crippen molar-refractivity contribution >= 4 is 43.1 Å². The molecule has 0 N–H and O–H groups in total. The second-order valence-corrected chi connectivity index (χ2v) is 15.6. The van der Waals surface area contributed by atoms with Crippen LogP contribution in [0.3, 0.4) is 0 Å². The normalized spacial score (nSPS) is 13.1. The fourth-order valence-corrected chi connectivity index (χ4v) is 9.67. The highest BCUT2D eigenvalue weighted by Gasteiger charge is 2.36. The Kier molecular flexibility index (Phi) is 7.00. The molecule has 0 spiro atoms. The van der Waals surface area contributed by atoms with Crippen molar-refractivity contribution in [1.29, 1.82) is 0 Å². The maximum Gasteiger partial charge on any atom is 0.0159 e. The van der Waals surface area contributed by atoms with Crippen LogP contribution in [-0.2, 0) is 5.41 Å². The molecule has 11 rings (SSSR count). The van der Waals surface area contributed by atoms with Gasteiger partial charge in [0.2, 0.25) is 0 Å². The van der Waals surface area contributed by atoms with Crippen molar-refractivity contribution in [1.82, 2.24) is 0 Å². The molecule has 0 nitrogen and oxygen atoms in total. The van der Waals surface area contributed by atoms with Crippen LogP contribution in [0.25, 0.3) is 98.7 Å². The molecule has 0 unspecified atom stereocenters. The molecule has 0 saturated carbocycles. The van der Waals surface area contributed by atoms with Gasteiger partial charge in [0.25, 0.3) is 0 Å². The lowest BCUT2D eigenvalue weighted by atomic mass is 9.81. The molecule has 10 aromatic rings. The van der Waals surface area contributed by atoms with E-state index in [9.17, 15) is 0 Å². The van der Waals surface area contributed by atoms with Crippen LogP contribution in [0.1, 0.15) is 25.0 Å². The molecular formula is C55H38. The summed E-state index contributed by atoms with van der Waals surface area (Å²) in [4.78, 5) is 0. The molecule has 0 atom stereocenters. The highest BCUT2D eigenvalue weighted by atomic mass is 14.4. The molecule has 0 heteroatoms. The first-order valence-corrected chi connectivity index (χ1v) is 19.4. The van der Waals surface area contributed by atoms with Crippen molar-refractivity contribution in [3.63, 3.8) is 0 Å². The van der Waals surface area contributed by atoms with Gasteiger partial charge >= 0.3 is 0 Å². The van der Waals surface area contributed by atoms with Crippen LogP contribution in [0.4, 0.5) is 0 Å². The first-order chi connectivity index (χ1) is 27.1. The largest absolute Gasteiger partial charge is 0.0622 e. The number of rotatable bonds is 4. The van der Waals surface area contributed by atoms with Crippen LogP contribution >= 0.6 is 0 Å². The highest BCUT2D eigenvalue weighted by Crippen LogP contribution is 2.53. The van der Waals surface area contributed by atoms with E-state index in [-0.39, 0.29) is 5.41 Å². The molecule has 10 aromatic carbocycles. The summed E-state index contributed by atoms with van der Waals surface area (Å²) in [6.07, 6.45) is 0. The van der Waals surface area contributed by atoms with E-state index < -0.39 is 0 Å². The zero-order valence-electron chi connectivity index (χ0n) is 31.0. The summed E-state index contributed by atoms with van der Waals surface area (Å²) >= 11 is 0. The van der Waals surface area contributed by atoms with E-state index in [1.165, 1.54) is 110 Å². The van der Waals surface area contributed by atoms with Crippen LogP contribution in [0, 0.1) is 0 Å². The number of hydrogen-bond donors (Lipinski definition) is 0. The van der Waals surface area contributed by atoms with Crippen LogP contribution in [-0.4, -0.2) is 0 Å². The van der Waals surface area contributed by atoms with Gasteiger partial charge in [-0.1, -0.05) is 196 Å². The lowest BCUT2D eigenvalue weighted by molar-refractivity contribution is 0.661. The summed E-state index contributed by atoms with van der Waals surface area (Å²) in [6.45, 7) is 4.76. The summed E-state index contributed by atoms with van der Waals surface area (Å²) in [5.74, 6) is 0. The van der Waals surface area contributed by atoms with Gasteiger partial charge in [-0.05, 0) is 122 Å². The zero-order valence-corrected chi connectivity index (χ0v) is 31.0. The fourth-order valence-electron chi connectivity index (χ4n) is 9.67. The van der Waals surface area contributed by atoms with Crippen molar-refractivity contribution in [3.8, 4) is 55.6 Å². The average molecular weight is 699 g/mol. The first-order valence-electron chi connectivity index (χ1n) is 19.4. The van der Waals surface area contributed by atoms with E-state index in [1.807, 2.05) is 0 Å². The van der Waals surface area contributed by atoms with Gasteiger partial charge in [-0.25, -0.2) is 0 Å². The van der Waals surface area contributed by atoms with E-state index in [2.05, 4.69) is 208 Å².